The zero-order chi connectivity index (χ0) is 20.6. The predicted octanol–water partition coefficient (Wildman–Crippen LogP) is 4.13. The highest BCUT2D eigenvalue weighted by atomic mass is 35.5. The summed E-state index contributed by atoms with van der Waals surface area (Å²) in [5.74, 6) is 1.37. The lowest BCUT2D eigenvalue weighted by atomic mass is 10.2. The van der Waals surface area contributed by atoms with Crippen molar-refractivity contribution in [2.24, 2.45) is 5.10 Å². The molecule has 3 aromatic rings. The number of rotatable bonds is 8. The van der Waals surface area contributed by atoms with Gasteiger partial charge >= 0.3 is 0 Å². The Bertz CT molecular complexity index is 1050. The Morgan fingerprint density at radius 3 is 2.62 bits per heavy atom. The summed E-state index contributed by atoms with van der Waals surface area (Å²) in [7, 11) is 0. The van der Waals surface area contributed by atoms with E-state index in [1.54, 1.807) is 18.3 Å². The SMILES string of the molecule is CCOc1ccc(/C=N\Nc2cnn(-c3ccccc3)c(=O)c2Cl)c(OCC)c1. The number of nitrogens with one attached hydrogen (secondary N) is 1. The van der Waals surface area contributed by atoms with Gasteiger partial charge in [0.05, 0.1) is 31.3 Å². The van der Waals surface area contributed by atoms with E-state index in [1.807, 2.05) is 50.2 Å². The first kappa shape index (κ1) is 20.4. The molecule has 0 unspecified atom stereocenters. The van der Waals surface area contributed by atoms with Gasteiger partial charge in [0.1, 0.15) is 22.2 Å². The average Bonchev–Trinajstić information content (AvgIpc) is 2.74. The van der Waals surface area contributed by atoms with Gasteiger partial charge in [-0.15, -0.1) is 0 Å². The molecule has 8 heteroatoms. The van der Waals surface area contributed by atoms with Gasteiger partial charge in [0.25, 0.3) is 5.56 Å². The molecule has 0 atom stereocenters. The van der Waals surface area contributed by atoms with Crippen LogP contribution in [0, 0.1) is 0 Å². The molecular weight excluding hydrogens is 392 g/mol. The van der Waals surface area contributed by atoms with Crippen LogP contribution in [0.1, 0.15) is 19.4 Å². The zero-order valence-corrected chi connectivity index (χ0v) is 16.9. The molecule has 0 spiro atoms. The molecule has 2 aromatic carbocycles. The van der Waals surface area contributed by atoms with Gasteiger partial charge in [0, 0.05) is 11.6 Å². The molecule has 3 rings (SSSR count). The van der Waals surface area contributed by atoms with Crippen molar-refractivity contribution in [3.63, 3.8) is 0 Å². The van der Waals surface area contributed by atoms with Gasteiger partial charge in [0.15, 0.2) is 0 Å². The number of hydrogen-bond donors (Lipinski definition) is 1. The molecule has 0 radical (unpaired) electrons. The summed E-state index contributed by atoms with van der Waals surface area (Å²) < 4.78 is 12.4. The summed E-state index contributed by atoms with van der Waals surface area (Å²) in [5.41, 5.74) is 4.02. The molecular formula is C21H21ClN4O3. The lowest BCUT2D eigenvalue weighted by Crippen LogP contribution is -2.22. The van der Waals surface area contributed by atoms with E-state index in [4.69, 9.17) is 21.1 Å². The number of aromatic nitrogens is 2. The molecule has 0 amide bonds. The van der Waals surface area contributed by atoms with Gasteiger partial charge in [-0.25, -0.2) is 0 Å². The van der Waals surface area contributed by atoms with Crippen LogP contribution in [0.2, 0.25) is 5.02 Å². The molecule has 0 saturated carbocycles. The number of hydrazone groups is 1. The Labute approximate surface area is 173 Å². The molecule has 0 aliphatic heterocycles. The standard InChI is InChI=1S/C21H21ClN4O3/c1-3-28-17-11-10-15(19(12-17)29-4-2)13-23-25-18-14-24-26(21(27)20(18)22)16-8-6-5-7-9-16/h5-14,25H,3-4H2,1-2H3/b23-13-. The van der Waals surface area contributed by atoms with Gasteiger partial charge in [0.2, 0.25) is 0 Å². The molecule has 7 nitrogen and oxygen atoms in total. The largest absolute Gasteiger partial charge is 0.494 e. The quantitative estimate of drug-likeness (QED) is 0.444. The number of nitrogens with zero attached hydrogens (tertiary/aromatic N) is 3. The van der Waals surface area contributed by atoms with Crippen molar-refractivity contribution < 1.29 is 9.47 Å². The maximum Gasteiger partial charge on any atom is 0.292 e. The molecule has 0 saturated heterocycles. The molecule has 150 valence electrons. The summed E-state index contributed by atoms with van der Waals surface area (Å²) in [6.07, 6.45) is 3.04. The van der Waals surface area contributed by atoms with E-state index in [2.05, 4.69) is 15.6 Å². The van der Waals surface area contributed by atoms with Gasteiger partial charge < -0.3 is 9.47 Å². The first-order valence-corrected chi connectivity index (χ1v) is 9.53. The van der Waals surface area contributed by atoms with Crippen molar-refractivity contribution in [3.8, 4) is 17.2 Å². The van der Waals surface area contributed by atoms with Crippen LogP contribution in [0.3, 0.4) is 0 Å². The second-order valence-electron chi connectivity index (χ2n) is 5.86. The summed E-state index contributed by atoms with van der Waals surface area (Å²) >= 11 is 6.22. The van der Waals surface area contributed by atoms with Crippen molar-refractivity contribution in [1.29, 1.82) is 0 Å². The smallest absolute Gasteiger partial charge is 0.292 e. The van der Waals surface area contributed by atoms with E-state index >= 15 is 0 Å². The van der Waals surface area contributed by atoms with Crippen LogP contribution >= 0.6 is 11.6 Å². The van der Waals surface area contributed by atoms with Crippen LogP contribution in [0.25, 0.3) is 5.69 Å². The van der Waals surface area contributed by atoms with Crippen LogP contribution in [0.4, 0.5) is 5.69 Å². The minimum Gasteiger partial charge on any atom is -0.494 e. The Kier molecular flexibility index (Phi) is 6.86. The number of benzene rings is 2. The van der Waals surface area contributed by atoms with Crippen molar-refractivity contribution in [3.05, 3.63) is 75.7 Å². The lowest BCUT2D eigenvalue weighted by molar-refractivity contribution is 0.323. The fourth-order valence-electron chi connectivity index (χ4n) is 2.59. The van der Waals surface area contributed by atoms with Crippen molar-refractivity contribution >= 4 is 23.5 Å². The minimum absolute atomic E-state index is 0.00210. The molecule has 0 bridgehead atoms. The Morgan fingerprint density at radius 2 is 1.90 bits per heavy atom. The highest BCUT2D eigenvalue weighted by Crippen LogP contribution is 2.24. The van der Waals surface area contributed by atoms with Gasteiger partial charge in [-0.05, 0) is 38.1 Å². The van der Waals surface area contributed by atoms with Crippen LogP contribution in [0.15, 0.2) is 64.6 Å². The Hall–Kier alpha value is -3.32. The predicted molar refractivity (Wildman–Crippen MR) is 115 cm³/mol. The minimum atomic E-state index is -0.436. The van der Waals surface area contributed by atoms with Crippen molar-refractivity contribution in [2.75, 3.05) is 18.6 Å². The van der Waals surface area contributed by atoms with E-state index in [0.717, 1.165) is 11.3 Å². The molecule has 1 N–H and O–H groups in total. The monoisotopic (exact) mass is 412 g/mol. The van der Waals surface area contributed by atoms with E-state index in [1.165, 1.54) is 10.9 Å². The Balaban J connectivity index is 1.80. The van der Waals surface area contributed by atoms with Gasteiger partial charge in [-0.1, -0.05) is 29.8 Å². The number of hydrogen-bond acceptors (Lipinski definition) is 6. The number of halogens is 1. The van der Waals surface area contributed by atoms with Crippen LogP contribution < -0.4 is 20.5 Å². The van der Waals surface area contributed by atoms with Crippen LogP contribution in [0.5, 0.6) is 11.5 Å². The first-order chi connectivity index (χ1) is 14.1. The molecule has 1 aromatic heterocycles. The van der Waals surface area contributed by atoms with Crippen molar-refractivity contribution in [2.45, 2.75) is 13.8 Å². The maximum atomic E-state index is 12.5. The lowest BCUT2D eigenvalue weighted by Gasteiger charge is -2.10. The topological polar surface area (TPSA) is 77.7 Å². The van der Waals surface area contributed by atoms with E-state index in [-0.39, 0.29) is 5.02 Å². The molecule has 1 heterocycles. The van der Waals surface area contributed by atoms with Gasteiger partial charge in [-0.2, -0.15) is 14.9 Å². The van der Waals surface area contributed by atoms with E-state index in [9.17, 15) is 4.79 Å². The third kappa shape index (κ3) is 4.94. The van der Waals surface area contributed by atoms with Gasteiger partial charge in [-0.3, -0.25) is 10.2 Å². The molecule has 0 aliphatic rings. The maximum absolute atomic E-state index is 12.5. The van der Waals surface area contributed by atoms with Crippen LogP contribution in [-0.4, -0.2) is 29.2 Å². The molecule has 0 fully saturated rings. The summed E-state index contributed by atoms with van der Waals surface area (Å²) in [6, 6.07) is 14.5. The van der Waals surface area contributed by atoms with E-state index < -0.39 is 5.56 Å². The third-order valence-corrected chi connectivity index (χ3v) is 4.27. The average molecular weight is 413 g/mol. The Morgan fingerprint density at radius 1 is 1.14 bits per heavy atom. The third-order valence-electron chi connectivity index (χ3n) is 3.90. The molecule has 29 heavy (non-hydrogen) atoms. The summed E-state index contributed by atoms with van der Waals surface area (Å²) in [5, 5.41) is 8.32. The first-order valence-electron chi connectivity index (χ1n) is 9.16. The normalized spacial score (nSPS) is 10.9. The second kappa shape index (κ2) is 9.75. The highest BCUT2D eigenvalue weighted by Gasteiger charge is 2.10. The summed E-state index contributed by atoms with van der Waals surface area (Å²) in [4.78, 5) is 12.5. The van der Waals surface area contributed by atoms with E-state index in [0.29, 0.717) is 30.3 Å². The van der Waals surface area contributed by atoms with Crippen molar-refractivity contribution in [1.82, 2.24) is 9.78 Å². The number of ether oxygens (including phenoxy) is 2. The van der Waals surface area contributed by atoms with Crippen LogP contribution in [-0.2, 0) is 0 Å². The second-order valence-corrected chi connectivity index (χ2v) is 6.24. The number of para-hydroxylation sites is 1. The number of anilines is 1. The molecule has 0 aliphatic carbocycles. The zero-order valence-electron chi connectivity index (χ0n) is 16.1. The summed E-state index contributed by atoms with van der Waals surface area (Å²) in [6.45, 7) is 4.90. The fraction of sp³-hybridized carbons (Fsp3) is 0.190. The fourth-order valence-corrected chi connectivity index (χ4v) is 2.76. The highest BCUT2D eigenvalue weighted by molar-refractivity contribution is 6.32.